The zero-order chi connectivity index (χ0) is 18.8. The molecule has 0 aliphatic rings. The molecule has 0 unspecified atom stereocenters. The molecule has 0 fully saturated rings. The van der Waals surface area contributed by atoms with Crippen LogP contribution in [-0.2, 0) is 0 Å². The van der Waals surface area contributed by atoms with E-state index < -0.39 is 6.03 Å². The first-order valence-corrected chi connectivity index (χ1v) is 9.24. The van der Waals surface area contributed by atoms with Gasteiger partial charge in [0.25, 0.3) is 0 Å². The molecule has 0 atom stereocenters. The molecule has 3 aromatic carbocycles. The van der Waals surface area contributed by atoms with E-state index in [9.17, 15) is 9.90 Å². The molecule has 1 aromatic heterocycles. The predicted octanol–water partition coefficient (Wildman–Crippen LogP) is 5.62. The highest BCUT2D eigenvalue weighted by Crippen LogP contribution is 2.31. The molecule has 4 rings (SSSR count). The summed E-state index contributed by atoms with van der Waals surface area (Å²) >= 11 is 1.65. The van der Waals surface area contributed by atoms with Crippen LogP contribution in [0.15, 0.2) is 66.7 Å². The number of urea groups is 1. The van der Waals surface area contributed by atoms with Crippen LogP contribution in [0.5, 0.6) is 5.75 Å². The number of nitrogens with zero attached hydrogens (tertiary/aromatic N) is 1. The van der Waals surface area contributed by atoms with E-state index in [-0.39, 0.29) is 5.75 Å². The number of thiazole rings is 1. The van der Waals surface area contributed by atoms with Crippen molar-refractivity contribution in [1.82, 2.24) is 4.98 Å². The molecule has 0 saturated carbocycles. The van der Waals surface area contributed by atoms with Crippen LogP contribution in [-0.4, -0.2) is 16.1 Å². The number of nitrogens with one attached hydrogen (secondary N) is 2. The topological polar surface area (TPSA) is 74.2 Å². The number of carbonyl (C=O) groups is 1. The van der Waals surface area contributed by atoms with Gasteiger partial charge in [-0.25, -0.2) is 9.78 Å². The minimum absolute atomic E-state index is 0.0223. The summed E-state index contributed by atoms with van der Waals surface area (Å²) in [4.78, 5) is 16.8. The highest BCUT2D eigenvalue weighted by molar-refractivity contribution is 7.21. The number of anilines is 2. The Balaban J connectivity index is 1.48. The number of para-hydroxylation sites is 2. The van der Waals surface area contributed by atoms with Gasteiger partial charge in [0, 0.05) is 11.3 Å². The number of rotatable bonds is 3. The number of hydrogen-bond acceptors (Lipinski definition) is 4. The second kappa shape index (κ2) is 7.09. The number of carbonyl (C=O) groups excluding carboxylic acids is 1. The van der Waals surface area contributed by atoms with Crippen LogP contribution < -0.4 is 10.6 Å². The zero-order valence-corrected chi connectivity index (χ0v) is 15.4. The van der Waals surface area contributed by atoms with E-state index in [4.69, 9.17) is 0 Å². The summed E-state index contributed by atoms with van der Waals surface area (Å²) < 4.78 is 1.16. The smallest absolute Gasteiger partial charge is 0.323 e. The number of fused-ring (bicyclic) bond motifs is 1. The maximum absolute atomic E-state index is 12.1. The Bertz CT molecular complexity index is 1120. The summed E-state index contributed by atoms with van der Waals surface area (Å²) in [7, 11) is 0. The Morgan fingerprint density at radius 1 is 1.00 bits per heavy atom. The third-order valence-electron chi connectivity index (χ3n) is 4.09. The first kappa shape index (κ1) is 17.1. The van der Waals surface area contributed by atoms with E-state index in [1.165, 1.54) is 11.6 Å². The molecule has 0 radical (unpaired) electrons. The van der Waals surface area contributed by atoms with Crippen LogP contribution in [0, 0.1) is 6.92 Å². The first-order valence-electron chi connectivity index (χ1n) is 8.42. The summed E-state index contributed by atoms with van der Waals surface area (Å²) in [5.74, 6) is 0.0223. The summed E-state index contributed by atoms with van der Waals surface area (Å²) in [6.45, 7) is 2.07. The summed E-state index contributed by atoms with van der Waals surface area (Å²) in [5, 5.41) is 16.0. The van der Waals surface area contributed by atoms with Crippen LogP contribution in [0.4, 0.5) is 16.2 Å². The van der Waals surface area contributed by atoms with Gasteiger partial charge in [-0.2, -0.15) is 0 Å². The van der Waals surface area contributed by atoms with Crippen molar-refractivity contribution in [3.05, 3.63) is 72.3 Å². The number of phenolic OH excluding ortho intramolecular Hbond substituents is 1. The second-order valence-electron chi connectivity index (χ2n) is 6.16. The zero-order valence-electron chi connectivity index (χ0n) is 14.6. The van der Waals surface area contributed by atoms with Crippen molar-refractivity contribution in [3.63, 3.8) is 0 Å². The SMILES string of the molecule is Cc1ccc2nc(-c3ccc(NC(=O)Nc4ccccc4O)cc3)sc2c1. The molecule has 0 aliphatic carbocycles. The van der Waals surface area contributed by atoms with Gasteiger partial charge in [-0.15, -0.1) is 11.3 Å². The molecule has 27 heavy (non-hydrogen) atoms. The van der Waals surface area contributed by atoms with Gasteiger partial charge in [0.05, 0.1) is 15.9 Å². The van der Waals surface area contributed by atoms with Crippen LogP contribution >= 0.6 is 11.3 Å². The molecule has 4 aromatic rings. The lowest BCUT2D eigenvalue weighted by molar-refractivity contribution is 0.262. The van der Waals surface area contributed by atoms with Crippen LogP contribution in [0.3, 0.4) is 0 Å². The molecule has 0 spiro atoms. The van der Waals surface area contributed by atoms with Crippen molar-refractivity contribution in [2.24, 2.45) is 0 Å². The van der Waals surface area contributed by atoms with Gasteiger partial charge in [-0.3, -0.25) is 0 Å². The minimum Gasteiger partial charge on any atom is -0.506 e. The molecule has 5 nitrogen and oxygen atoms in total. The maximum atomic E-state index is 12.1. The fourth-order valence-corrected chi connectivity index (χ4v) is 3.78. The third kappa shape index (κ3) is 3.75. The molecular formula is C21H17N3O2S. The number of amides is 2. The highest BCUT2D eigenvalue weighted by Gasteiger charge is 2.08. The fourth-order valence-electron chi connectivity index (χ4n) is 2.72. The van der Waals surface area contributed by atoms with Crippen molar-refractivity contribution < 1.29 is 9.90 Å². The lowest BCUT2D eigenvalue weighted by atomic mass is 10.2. The molecule has 134 valence electrons. The molecule has 3 N–H and O–H groups in total. The van der Waals surface area contributed by atoms with Crippen molar-refractivity contribution in [3.8, 4) is 16.3 Å². The Morgan fingerprint density at radius 2 is 1.78 bits per heavy atom. The van der Waals surface area contributed by atoms with Gasteiger partial charge in [-0.05, 0) is 61.0 Å². The van der Waals surface area contributed by atoms with E-state index in [0.717, 1.165) is 20.8 Å². The lowest BCUT2D eigenvalue weighted by Crippen LogP contribution is -2.19. The predicted molar refractivity (Wildman–Crippen MR) is 111 cm³/mol. The quantitative estimate of drug-likeness (QED) is 0.407. The van der Waals surface area contributed by atoms with E-state index in [1.54, 1.807) is 29.5 Å². The van der Waals surface area contributed by atoms with E-state index in [1.807, 2.05) is 30.3 Å². The number of aromatic nitrogens is 1. The summed E-state index contributed by atoms with van der Waals surface area (Å²) in [6.07, 6.45) is 0. The molecule has 0 aliphatic heterocycles. The van der Waals surface area contributed by atoms with E-state index in [2.05, 4.69) is 34.7 Å². The van der Waals surface area contributed by atoms with Crippen LogP contribution in [0.1, 0.15) is 5.56 Å². The van der Waals surface area contributed by atoms with Crippen molar-refractivity contribution >= 4 is 39.0 Å². The van der Waals surface area contributed by atoms with Gasteiger partial charge in [-0.1, -0.05) is 18.2 Å². The van der Waals surface area contributed by atoms with Crippen molar-refractivity contribution in [2.75, 3.05) is 10.6 Å². The second-order valence-corrected chi connectivity index (χ2v) is 7.19. The van der Waals surface area contributed by atoms with Crippen LogP contribution in [0.25, 0.3) is 20.8 Å². The normalized spacial score (nSPS) is 10.7. The summed E-state index contributed by atoms with van der Waals surface area (Å²) in [5.41, 5.74) is 4.22. The van der Waals surface area contributed by atoms with Gasteiger partial charge in [0.1, 0.15) is 10.8 Å². The van der Waals surface area contributed by atoms with Gasteiger partial charge in [0.2, 0.25) is 0 Å². The highest BCUT2D eigenvalue weighted by atomic mass is 32.1. The Morgan fingerprint density at radius 3 is 2.56 bits per heavy atom. The fraction of sp³-hybridized carbons (Fsp3) is 0.0476. The first-order chi connectivity index (χ1) is 13.1. The van der Waals surface area contributed by atoms with Crippen LogP contribution in [0.2, 0.25) is 0 Å². The maximum Gasteiger partial charge on any atom is 0.323 e. The average Bonchev–Trinajstić information content (AvgIpc) is 3.07. The lowest BCUT2D eigenvalue weighted by Gasteiger charge is -2.09. The largest absolute Gasteiger partial charge is 0.506 e. The number of phenols is 1. The van der Waals surface area contributed by atoms with Gasteiger partial charge < -0.3 is 15.7 Å². The third-order valence-corrected chi connectivity index (χ3v) is 5.15. The average molecular weight is 375 g/mol. The Hall–Kier alpha value is -3.38. The Labute approximate surface area is 160 Å². The van der Waals surface area contributed by atoms with Crippen molar-refractivity contribution in [1.29, 1.82) is 0 Å². The molecule has 0 bridgehead atoms. The minimum atomic E-state index is -0.417. The number of aromatic hydroxyl groups is 1. The summed E-state index contributed by atoms with van der Waals surface area (Å²) in [6, 6.07) is 19.9. The standard InChI is InChI=1S/C21H17N3O2S/c1-13-6-11-17-19(12-13)27-20(23-17)14-7-9-15(10-8-14)22-21(26)24-16-4-2-3-5-18(16)25/h2-12,25H,1H3,(H2,22,24,26). The monoisotopic (exact) mass is 375 g/mol. The van der Waals surface area contributed by atoms with Crippen molar-refractivity contribution in [2.45, 2.75) is 6.92 Å². The van der Waals surface area contributed by atoms with E-state index in [0.29, 0.717) is 11.4 Å². The van der Waals surface area contributed by atoms with Gasteiger partial charge in [0.15, 0.2) is 0 Å². The van der Waals surface area contributed by atoms with E-state index >= 15 is 0 Å². The molecule has 1 heterocycles. The number of aryl methyl sites for hydroxylation is 1. The van der Waals surface area contributed by atoms with Gasteiger partial charge >= 0.3 is 6.03 Å². The molecule has 6 heteroatoms. The number of benzene rings is 3. The number of hydrogen-bond donors (Lipinski definition) is 3. The molecule has 0 saturated heterocycles. The Kier molecular flexibility index (Phi) is 4.48. The molecule has 2 amide bonds. The molecular weight excluding hydrogens is 358 g/mol.